The minimum absolute atomic E-state index is 0.0684. The van der Waals surface area contributed by atoms with Crippen molar-refractivity contribution >= 4 is 6.09 Å². The zero-order chi connectivity index (χ0) is 19.0. The van der Waals surface area contributed by atoms with Gasteiger partial charge in [-0.1, -0.05) is 12.1 Å². The van der Waals surface area contributed by atoms with Crippen LogP contribution in [0, 0.1) is 5.82 Å². The van der Waals surface area contributed by atoms with E-state index in [0.717, 1.165) is 4.90 Å². The lowest BCUT2D eigenvalue weighted by Gasteiger charge is -2.35. The predicted octanol–water partition coefficient (Wildman–Crippen LogP) is 4.19. The van der Waals surface area contributed by atoms with Gasteiger partial charge in [0.1, 0.15) is 11.4 Å². The number of aliphatic hydroxyl groups excluding tert-OH is 1. The summed E-state index contributed by atoms with van der Waals surface area (Å²) in [6.45, 7) is 4.77. The van der Waals surface area contributed by atoms with E-state index in [1.54, 1.807) is 20.8 Å². The number of likely N-dealkylation sites (tertiary alicyclic amines) is 1. The van der Waals surface area contributed by atoms with Crippen LogP contribution in [-0.2, 0) is 4.74 Å². The fraction of sp³-hybridized carbons (Fsp3) is 0.588. The van der Waals surface area contributed by atoms with Gasteiger partial charge in [-0.3, -0.25) is 4.90 Å². The van der Waals surface area contributed by atoms with Crippen LogP contribution in [0.25, 0.3) is 0 Å². The average molecular weight is 363 g/mol. The van der Waals surface area contributed by atoms with Gasteiger partial charge in [0.25, 0.3) is 0 Å². The zero-order valence-corrected chi connectivity index (χ0v) is 14.2. The summed E-state index contributed by atoms with van der Waals surface area (Å²) in [5, 5.41) is 9.67. The molecule has 25 heavy (non-hydrogen) atoms. The molecule has 4 nitrogen and oxygen atoms in total. The molecule has 1 N–H and O–H groups in total. The average Bonchev–Trinajstić information content (AvgIpc) is 2.88. The van der Waals surface area contributed by atoms with Crippen LogP contribution in [0.5, 0.6) is 0 Å². The van der Waals surface area contributed by atoms with Crippen LogP contribution in [0.15, 0.2) is 24.3 Å². The van der Waals surface area contributed by atoms with E-state index < -0.39 is 41.9 Å². The summed E-state index contributed by atoms with van der Waals surface area (Å²) in [6, 6.07) is 3.05. The first-order chi connectivity index (χ1) is 11.4. The van der Waals surface area contributed by atoms with Crippen LogP contribution in [0.1, 0.15) is 45.2 Å². The summed E-state index contributed by atoms with van der Waals surface area (Å²) in [5.74, 6) is -0.554. The first-order valence-corrected chi connectivity index (χ1v) is 7.92. The Morgan fingerprint density at radius 2 is 1.92 bits per heavy atom. The summed E-state index contributed by atoms with van der Waals surface area (Å²) in [7, 11) is 0. The number of nitrogens with zero attached hydrogens (tertiary/aromatic N) is 1. The Labute approximate surface area is 143 Å². The molecular formula is C17H21F4NO3. The van der Waals surface area contributed by atoms with Gasteiger partial charge in [0, 0.05) is 0 Å². The number of carbonyl (C=O) groups excluding carboxylic acids is 1. The lowest BCUT2D eigenvalue weighted by molar-refractivity contribution is -0.218. The van der Waals surface area contributed by atoms with Crippen LogP contribution in [0.2, 0.25) is 0 Å². The molecule has 1 amide bonds. The van der Waals surface area contributed by atoms with Gasteiger partial charge in [-0.05, 0) is 51.3 Å². The first kappa shape index (κ1) is 19.5. The molecule has 1 aromatic rings. The maximum absolute atomic E-state index is 13.5. The highest BCUT2D eigenvalue weighted by Gasteiger charge is 2.52. The molecular weight excluding hydrogens is 342 g/mol. The van der Waals surface area contributed by atoms with Crippen molar-refractivity contribution in [1.29, 1.82) is 0 Å². The van der Waals surface area contributed by atoms with Crippen molar-refractivity contribution in [2.24, 2.45) is 0 Å². The summed E-state index contributed by atoms with van der Waals surface area (Å²) in [6.07, 6.45) is -8.44. The molecule has 1 heterocycles. The molecule has 140 valence electrons. The number of alkyl halides is 3. The minimum Gasteiger partial charge on any atom is -0.444 e. The molecule has 0 aliphatic carbocycles. The SMILES string of the molecule is CC(C)(C)OC(=O)N1[C@@H](C(O)C(F)(F)F)CC[C@H]1c1cccc(F)c1. The van der Waals surface area contributed by atoms with Crippen LogP contribution >= 0.6 is 0 Å². The molecule has 1 fully saturated rings. The molecule has 8 heteroatoms. The molecule has 0 bridgehead atoms. The standard InChI is InChI=1S/C17H21F4NO3/c1-16(2,3)25-15(24)22-12(10-5-4-6-11(18)9-10)7-8-13(22)14(23)17(19,20)21/h4-6,9,12-14,23H,7-8H2,1-3H3/t12-,13+,14?/m0/s1. The third-order valence-electron chi connectivity index (χ3n) is 3.97. The molecule has 0 radical (unpaired) electrons. The van der Waals surface area contributed by atoms with Gasteiger partial charge >= 0.3 is 12.3 Å². The van der Waals surface area contributed by atoms with Gasteiger partial charge in [-0.2, -0.15) is 13.2 Å². The van der Waals surface area contributed by atoms with Gasteiger partial charge in [0.05, 0.1) is 12.1 Å². The van der Waals surface area contributed by atoms with Crippen molar-refractivity contribution in [3.63, 3.8) is 0 Å². The number of rotatable bonds is 2. The minimum atomic E-state index is -4.87. The molecule has 0 spiro atoms. The molecule has 0 aromatic heterocycles. The number of hydrogen-bond acceptors (Lipinski definition) is 3. The molecule has 2 rings (SSSR count). The summed E-state index contributed by atoms with van der Waals surface area (Å²) < 4.78 is 57.7. The lowest BCUT2D eigenvalue weighted by atomic mass is 10.0. The van der Waals surface area contributed by atoms with Crippen LogP contribution < -0.4 is 0 Å². The van der Waals surface area contributed by atoms with E-state index in [0.29, 0.717) is 5.56 Å². The fourth-order valence-electron chi connectivity index (χ4n) is 2.98. The summed E-state index contributed by atoms with van der Waals surface area (Å²) in [5.41, 5.74) is -0.553. The smallest absolute Gasteiger partial charge is 0.416 e. The Morgan fingerprint density at radius 1 is 1.28 bits per heavy atom. The van der Waals surface area contributed by atoms with Gasteiger partial charge in [0.2, 0.25) is 0 Å². The monoisotopic (exact) mass is 363 g/mol. The molecule has 3 atom stereocenters. The third kappa shape index (κ3) is 4.62. The second-order valence-electron chi connectivity index (χ2n) is 7.09. The van der Waals surface area contributed by atoms with Crippen molar-refractivity contribution in [1.82, 2.24) is 4.90 Å². The Morgan fingerprint density at radius 3 is 2.44 bits per heavy atom. The van der Waals surface area contributed by atoms with E-state index in [1.165, 1.54) is 24.3 Å². The quantitative estimate of drug-likeness (QED) is 0.802. The Balaban J connectivity index is 2.37. The molecule has 0 saturated carbocycles. The zero-order valence-electron chi connectivity index (χ0n) is 14.2. The number of hydrogen-bond donors (Lipinski definition) is 1. The number of halogens is 4. The van der Waals surface area contributed by atoms with Gasteiger partial charge in [-0.15, -0.1) is 0 Å². The third-order valence-corrected chi connectivity index (χ3v) is 3.97. The number of ether oxygens (including phenoxy) is 1. The van der Waals surface area contributed by atoms with Gasteiger partial charge in [0.15, 0.2) is 6.10 Å². The number of aliphatic hydroxyl groups is 1. The maximum Gasteiger partial charge on any atom is 0.416 e. The van der Waals surface area contributed by atoms with E-state index in [2.05, 4.69) is 0 Å². The van der Waals surface area contributed by atoms with E-state index >= 15 is 0 Å². The number of carbonyl (C=O) groups is 1. The summed E-state index contributed by atoms with van der Waals surface area (Å²) in [4.78, 5) is 13.4. The molecule has 1 unspecified atom stereocenters. The van der Waals surface area contributed by atoms with Gasteiger partial charge in [-0.25, -0.2) is 9.18 Å². The van der Waals surface area contributed by atoms with Gasteiger partial charge < -0.3 is 9.84 Å². The lowest BCUT2D eigenvalue weighted by Crippen LogP contribution is -2.50. The van der Waals surface area contributed by atoms with E-state index in [1.807, 2.05) is 0 Å². The Hall–Kier alpha value is -1.83. The second-order valence-corrected chi connectivity index (χ2v) is 7.09. The molecule has 1 aliphatic rings. The Kier molecular flexibility index (Phi) is 5.32. The molecule has 1 saturated heterocycles. The van der Waals surface area contributed by atoms with E-state index in [9.17, 15) is 27.5 Å². The van der Waals surface area contributed by atoms with Crippen molar-refractivity contribution < 1.29 is 32.2 Å². The number of benzene rings is 1. The summed E-state index contributed by atoms with van der Waals surface area (Å²) >= 11 is 0. The van der Waals surface area contributed by atoms with Crippen molar-refractivity contribution in [3.8, 4) is 0 Å². The first-order valence-electron chi connectivity index (χ1n) is 7.92. The maximum atomic E-state index is 13.5. The van der Waals surface area contributed by atoms with E-state index in [-0.39, 0.29) is 12.8 Å². The number of amides is 1. The second kappa shape index (κ2) is 6.82. The highest BCUT2D eigenvalue weighted by atomic mass is 19.4. The highest BCUT2D eigenvalue weighted by molar-refractivity contribution is 5.70. The Bertz CT molecular complexity index is 627. The topological polar surface area (TPSA) is 49.8 Å². The molecule has 1 aromatic carbocycles. The van der Waals surface area contributed by atoms with Crippen molar-refractivity contribution in [2.75, 3.05) is 0 Å². The predicted molar refractivity (Wildman–Crippen MR) is 82.3 cm³/mol. The van der Waals surface area contributed by atoms with Crippen LogP contribution in [0.3, 0.4) is 0 Å². The van der Waals surface area contributed by atoms with Crippen molar-refractivity contribution in [3.05, 3.63) is 35.6 Å². The normalized spacial score (nSPS) is 22.8. The highest BCUT2D eigenvalue weighted by Crippen LogP contribution is 2.41. The van der Waals surface area contributed by atoms with Crippen LogP contribution in [-0.4, -0.2) is 40.0 Å². The van der Waals surface area contributed by atoms with Crippen molar-refractivity contribution in [2.45, 2.75) is 63.6 Å². The van der Waals surface area contributed by atoms with E-state index in [4.69, 9.17) is 4.74 Å². The van der Waals surface area contributed by atoms with Crippen LogP contribution in [0.4, 0.5) is 22.4 Å². The largest absolute Gasteiger partial charge is 0.444 e. The molecule has 1 aliphatic heterocycles. The fourth-order valence-corrected chi connectivity index (χ4v) is 2.98.